The summed E-state index contributed by atoms with van der Waals surface area (Å²) < 4.78 is 40.9. The fraction of sp³-hybridized carbons (Fsp3) is 0.333. The van der Waals surface area contributed by atoms with Crippen LogP contribution in [0.15, 0.2) is 43.0 Å². The zero-order valence-electron chi connectivity index (χ0n) is 17.1. The van der Waals surface area contributed by atoms with Crippen molar-refractivity contribution in [3.05, 3.63) is 54.4 Å². The van der Waals surface area contributed by atoms with Gasteiger partial charge >= 0.3 is 6.18 Å². The minimum Gasteiger partial charge on any atom is -0.382 e. The molecule has 0 spiro atoms. The number of nitrogens with zero attached hydrogens (tertiary/aromatic N) is 6. The van der Waals surface area contributed by atoms with E-state index in [-0.39, 0.29) is 0 Å². The van der Waals surface area contributed by atoms with Crippen molar-refractivity contribution < 1.29 is 18.3 Å². The Morgan fingerprint density at radius 3 is 2.69 bits per heavy atom. The number of H-pyrrole nitrogens is 1. The summed E-state index contributed by atoms with van der Waals surface area (Å²) in [6, 6.07) is 5.04. The van der Waals surface area contributed by atoms with Gasteiger partial charge in [-0.05, 0) is 12.1 Å². The van der Waals surface area contributed by atoms with E-state index in [0.29, 0.717) is 48.7 Å². The molecule has 4 aromatic rings. The van der Waals surface area contributed by atoms with Crippen molar-refractivity contribution in [3.63, 3.8) is 0 Å². The number of nitrogens with one attached hydrogen (secondary N) is 1. The molecule has 3 aromatic heterocycles. The fourth-order valence-electron chi connectivity index (χ4n) is 4.21. The largest absolute Gasteiger partial charge is 0.416 e. The van der Waals surface area contributed by atoms with Gasteiger partial charge in [0.1, 0.15) is 23.6 Å². The van der Waals surface area contributed by atoms with Gasteiger partial charge in [0.2, 0.25) is 0 Å². The van der Waals surface area contributed by atoms with E-state index in [2.05, 4.69) is 30.0 Å². The molecule has 4 heterocycles. The van der Waals surface area contributed by atoms with Crippen LogP contribution in [0, 0.1) is 0 Å². The second-order valence-corrected chi connectivity index (χ2v) is 7.99. The number of halogens is 3. The molecule has 5 rings (SSSR count). The number of alkyl halides is 3. The lowest BCUT2D eigenvalue weighted by molar-refractivity contribution is -0.137. The third-order valence-electron chi connectivity index (χ3n) is 5.90. The molecule has 11 heteroatoms. The first-order valence-electron chi connectivity index (χ1n) is 10.1. The van der Waals surface area contributed by atoms with Crippen LogP contribution in [0.5, 0.6) is 0 Å². The van der Waals surface area contributed by atoms with Crippen LogP contribution in [-0.4, -0.2) is 47.9 Å². The van der Waals surface area contributed by atoms with Gasteiger partial charge < -0.3 is 14.6 Å². The van der Waals surface area contributed by atoms with Crippen molar-refractivity contribution in [3.8, 4) is 11.3 Å². The van der Waals surface area contributed by atoms with Crippen LogP contribution in [0.1, 0.15) is 24.2 Å². The fourth-order valence-corrected chi connectivity index (χ4v) is 4.21. The molecule has 1 aromatic carbocycles. The number of anilines is 1. The normalized spacial score (nSPS) is 16.6. The molecule has 0 unspecified atom stereocenters. The summed E-state index contributed by atoms with van der Waals surface area (Å²) in [7, 11) is 1.74. The number of hydrogen-bond acceptors (Lipinski definition) is 6. The Bertz CT molecular complexity index is 1270. The number of rotatable bonds is 3. The van der Waals surface area contributed by atoms with E-state index in [1.54, 1.807) is 30.1 Å². The summed E-state index contributed by atoms with van der Waals surface area (Å²) in [6.45, 7) is 1.05. The van der Waals surface area contributed by atoms with E-state index in [1.807, 2.05) is 0 Å². The highest BCUT2D eigenvalue weighted by Gasteiger charge is 2.39. The molecule has 8 nitrogen and oxygen atoms in total. The number of fused-ring (bicyclic) bond motifs is 1. The smallest absolute Gasteiger partial charge is 0.382 e. The molecule has 0 saturated carbocycles. The molecular weight excluding hydrogens is 423 g/mol. The monoisotopic (exact) mass is 443 g/mol. The van der Waals surface area contributed by atoms with E-state index in [0.717, 1.165) is 23.3 Å². The summed E-state index contributed by atoms with van der Waals surface area (Å²) >= 11 is 0. The average Bonchev–Trinajstić information content (AvgIpc) is 3.41. The molecule has 0 radical (unpaired) electrons. The number of aromatic nitrogens is 6. The van der Waals surface area contributed by atoms with E-state index >= 15 is 0 Å². The second-order valence-electron chi connectivity index (χ2n) is 7.99. The maximum absolute atomic E-state index is 13.1. The molecule has 0 atom stereocenters. The zero-order valence-corrected chi connectivity index (χ0v) is 17.1. The number of benzene rings is 1. The standard InChI is InChI=1S/C21H20F3N7O/c1-30-11-16(13-3-2-4-14(9-13)21(22,23)24)28-19(30)20(32)5-7-31(8-6-20)18-15-10-27-29-17(15)25-12-26-18/h2-4,9-12,32H,5-8H2,1H3,(H,25,26,27,29). The molecule has 0 bridgehead atoms. The van der Waals surface area contributed by atoms with Crippen LogP contribution in [0.3, 0.4) is 0 Å². The predicted molar refractivity (Wildman–Crippen MR) is 111 cm³/mol. The minimum absolute atomic E-state index is 0.353. The number of aryl methyl sites for hydroxylation is 1. The maximum atomic E-state index is 13.1. The summed E-state index contributed by atoms with van der Waals surface area (Å²) in [5.74, 6) is 1.18. The summed E-state index contributed by atoms with van der Waals surface area (Å²) in [5.41, 5.74) is -0.546. The van der Waals surface area contributed by atoms with Gasteiger partial charge in [0.15, 0.2) is 5.65 Å². The minimum atomic E-state index is -4.43. The number of hydrogen-bond donors (Lipinski definition) is 2. The van der Waals surface area contributed by atoms with E-state index in [4.69, 9.17) is 0 Å². The van der Waals surface area contributed by atoms with Crippen LogP contribution >= 0.6 is 0 Å². The SMILES string of the molecule is Cn1cc(-c2cccc(C(F)(F)F)c2)nc1C1(O)CCN(c2ncnc3[nH]ncc23)CC1. The Morgan fingerprint density at radius 1 is 1.16 bits per heavy atom. The van der Waals surface area contributed by atoms with Gasteiger partial charge in [-0.15, -0.1) is 0 Å². The van der Waals surface area contributed by atoms with Crippen LogP contribution in [0.25, 0.3) is 22.3 Å². The van der Waals surface area contributed by atoms with Crippen molar-refractivity contribution in [2.45, 2.75) is 24.6 Å². The van der Waals surface area contributed by atoms with Crippen LogP contribution < -0.4 is 4.90 Å². The van der Waals surface area contributed by atoms with E-state index < -0.39 is 17.3 Å². The highest BCUT2D eigenvalue weighted by atomic mass is 19.4. The Hall–Kier alpha value is -3.47. The first kappa shape index (κ1) is 20.4. The zero-order chi connectivity index (χ0) is 22.5. The molecule has 1 aliphatic rings. The predicted octanol–water partition coefficient (Wildman–Crippen LogP) is 3.26. The van der Waals surface area contributed by atoms with Gasteiger partial charge in [0, 0.05) is 44.7 Å². The topological polar surface area (TPSA) is 95.7 Å². The molecule has 2 N–H and O–H groups in total. The lowest BCUT2D eigenvalue weighted by atomic mass is 9.90. The highest BCUT2D eigenvalue weighted by molar-refractivity contribution is 5.86. The average molecular weight is 443 g/mol. The van der Waals surface area contributed by atoms with E-state index in [9.17, 15) is 18.3 Å². The summed E-state index contributed by atoms with van der Waals surface area (Å²) in [5, 5.41) is 19.0. The first-order valence-corrected chi connectivity index (χ1v) is 10.1. The van der Waals surface area contributed by atoms with Crippen molar-refractivity contribution in [1.82, 2.24) is 29.7 Å². The Balaban J connectivity index is 1.39. The van der Waals surface area contributed by atoms with Crippen molar-refractivity contribution in [2.24, 2.45) is 7.05 Å². The summed E-state index contributed by atoms with van der Waals surface area (Å²) in [4.78, 5) is 15.1. The highest BCUT2D eigenvalue weighted by Crippen LogP contribution is 2.37. The van der Waals surface area contributed by atoms with Gasteiger partial charge in [0.05, 0.1) is 22.8 Å². The maximum Gasteiger partial charge on any atom is 0.416 e. The second kappa shape index (κ2) is 7.30. The van der Waals surface area contributed by atoms with Gasteiger partial charge in [-0.2, -0.15) is 18.3 Å². The van der Waals surface area contributed by atoms with Gasteiger partial charge in [-0.3, -0.25) is 5.10 Å². The number of piperidine rings is 1. The Kier molecular flexibility index (Phi) is 4.66. The molecule has 1 fully saturated rings. The molecule has 166 valence electrons. The molecule has 32 heavy (non-hydrogen) atoms. The molecular formula is C21H20F3N7O. The van der Waals surface area contributed by atoms with Gasteiger partial charge in [-0.25, -0.2) is 15.0 Å². The third-order valence-corrected chi connectivity index (χ3v) is 5.90. The van der Waals surface area contributed by atoms with Crippen LogP contribution in [-0.2, 0) is 18.8 Å². The third kappa shape index (κ3) is 3.48. The van der Waals surface area contributed by atoms with Crippen molar-refractivity contribution in [2.75, 3.05) is 18.0 Å². The molecule has 1 saturated heterocycles. The molecule has 0 amide bonds. The summed E-state index contributed by atoms with van der Waals surface area (Å²) in [6.07, 6.45) is 1.14. The quantitative estimate of drug-likeness (QED) is 0.505. The number of imidazole rings is 1. The first-order chi connectivity index (χ1) is 15.2. The Morgan fingerprint density at radius 2 is 1.94 bits per heavy atom. The number of aliphatic hydroxyl groups is 1. The molecule has 0 aliphatic carbocycles. The molecule has 1 aliphatic heterocycles. The lowest BCUT2D eigenvalue weighted by Gasteiger charge is -2.38. The number of aromatic amines is 1. The Labute approximate surface area is 180 Å². The van der Waals surface area contributed by atoms with Gasteiger partial charge in [-0.1, -0.05) is 12.1 Å². The van der Waals surface area contributed by atoms with E-state index in [1.165, 1.54) is 12.4 Å². The van der Waals surface area contributed by atoms with Crippen molar-refractivity contribution >= 4 is 16.9 Å². The van der Waals surface area contributed by atoms with Crippen LogP contribution in [0.2, 0.25) is 0 Å². The van der Waals surface area contributed by atoms with Crippen LogP contribution in [0.4, 0.5) is 19.0 Å². The lowest BCUT2D eigenvalue weighted by Crippen LogP contribution is -2.44. The van der Waals surface area contributed by atoms with Crippen molar-refractivity contribution in [1.29, 1.82) is 0 Å². The van der Waals surface area contributed by atoms with Gasteiger partial charge in [0.25, 0.3) is 0 Å².